The summed E-state index contributed by atoms with van der Waals surface area (Å²) in [7, 11) is 1.92. The Kier molecular flexibility index (Phi) is 3.43. The first-order valence-electron chi connectivity index (χ1n) is 4.42. The molecule has 1 aromatic heterocycles. The highest BCUT2D eigenvalue weighted by molar-refractivity contribution is 5.78. The van der Waals surface area contributed by atoms with Gasteiger partial charge in [-0.1, -0.05) is 13.0 Å². The van der Waals surface area contributed by atoms with Crippen molar-refractivity contribution in [1.29, 1.82) is 5.41 Å². The molecule has 1 rings (SSSR count). The minimum atomic E-state index is 0.644. The Bertz CT molecular complexity index is 269. The van der Waals surface area contributed by atoms with Crippen LogP contribution in [0.4, 0.5) is 0 Å². The van der Waals surface area contributed by atoms with E-state index in [9.17, 15) is 0 Å². The van der Waals surface area contributed by atoms with Crippen molar-refractivity contribution in [3.63, 3.8) is 0 Å². The maximum absolute atomic E-state index is 7.59. The third-order valence-electron chi connectivity index (χ3n) is 1.92. The zero-order chi connectivity index (χ0) is 9.68. The van der Waals surface area contributed by atoms with E-state index >= 15 is 0 Å². The van der Waals surface area contributed by atoms with Crippen LogP contribution >= 0.6 is 0 Å². The van der Waals surface area contributed by atoms with Gasteiger partial charge in [-0.25, -0.2) is 0 Å². The molecular weight excluding hydrogens is 162 g/mol. The second-order valence-corrected chi connectivity index (χ2v) is 2.98. The fourth-order valence-corrected chi connectivity index (χ4v) is 1.10. The minimum absolute atomic E-state index is 0.644. The second kappa shape index (κ2) is 4.60. The van der Waals surface area contributed by atoms with E-state index in [0.717, 1.165) is 12.1 Å². The Morgan fingerprint density at radius 1 is 1.54 bits per heavy atom. The lowest BCUT2D eigenvalue weighted by Gasteiger charge is -2.18. The van der Waals surface area contributed by atoms with Crippen LogP contribution in [-0.2, 0) is 6.54 Å². The van der Waals surface area contributed by atoms with Crippen LogP contribution in [0.15, 0.2) is 24.4 Å². The van der Waals surface area contributed by atoms with E-state index < -0.39 is 0 Å². The monoisotopic (exact) mass is 177 g/mol. The van der Waals surface area contributed by atoms with Gasteiger partial charge < -0.3 is 4.90 Å². The van der Waals surface area contributed by atoms with Gasteiger partial charge >= 0.3 is 0 Å². The van der Waals surface area contributed by atoms with Gasteiger partial charge in [-0.2, -0.15) is 0 Å². The predicted molar refractivity (Wildman–Crippen MR) is 53.7 cm³/mol. The Labute approximate surface area is 78.9 Å². The average molecular weight is 177 g/mol. The molecule has 0 aliphatic rings. The largest absolute Gasteiger partial charge is 0.358 e. The van der Waals surface area contributed by atoms with Crippen LogP contribution in [-0.4, -0.2) is 22.8 Å². The molecule has 0 saturated carbocycles. The Hall–Kier alpha value is -1.38. The number of hydrogen-bond donors (Lipinski definition) is 1. The van der Waals surface area contributed by atoms with E-state index in [4.69, 9.17) is 5.41 Å². The van der Waals surface area contributed by atoms with Gasteiger partial charge in [0, 0.05) is 19.7 Å². The van der Waals surface area contributed by atoms with Crippen molar-refractivity contribution < 1.29 is 0 Å². The zero-order valence-corrected chi connectivity index (χ0v) is 8.12. The van der Waals surface area contributed by atoms with E-state index in [-0.39, 0.29) is 0 Å². The summed E-state index contributed by atoms with van der Waals surface area (Å²) in [5.41, 5.74) is 1.00. The third-order valence-corrected chi connectivity index (χ3v) is 1.92. The van der Waals surface area contributed by atoms with Crippen LogP contribution < -0.4 is 0 Å². The molecule has 1 N–H and O–H groups in total. The number of nitrogens with one attached hydrogen (secondary N) is 1. The molecule has 0 fully saturated rings. The van der Waals surface area contributed by atoms with E-state index in [1.54, 1.807) is 6.20 Å². The molecule has 0 aliphatic heterocycles. The molecule has 0 amide bonds. The number of pyridine rings is 1. The summed E-state index contributed by atoms with van der Waals surface area (Å²) in [6, 6.07) is 5.83. The lowest BCUT2D eigenvalue weighted by atomic mass is 10.3. The van der Waals surface area contributed by atoms with Crippen LogP contribution in [0.2, 0.25) is 0 Å². The van der Waals surface area contributed by atoms with Gasteiger partial charge in [0.1, 0.15) is 0 Å². The second-order valence-electron chi connectivity index (χ2n) is 2.98. The van der Waals surface area contributed by atoms with E-state index in [1.165, 1.54) is 0 Å². The zero-order valence-electron chi connectivity index (χ0n) is 8.12. The first-order valence-corrected chi connectivity index (χ1v) is 4.42. The van der Waals surface area contributed by atoms with E-state index in [0.29, 0.717) is 12.4 Å². The van der Waals surface area contributed by atoms with Crippen LogP contribution in [0.5, 0.6) is 0 Å². The molecule has 0 spiro atoms. The summed E-state index contributed by atoms with van der Waals surface area (Å²) in [6.45, 7) is 2.70. The van der Waals surface area contributed by atoms with Gasteiger partial charge in [-0.3, -0.25) is 10.4 Å². The normalized spacial score (nSPS) is 9.69. The molecule has 13 heavy (non-hydrogen) atoms. The van der Waals surface area contributed by atoms with Crippen molar-refractivity contribution >= 4 is 5.84 Å². The summed E-state index contributed by atoms with van der Waals surface area (Å²) in [5, 5.41) is 7.59. The summed E-state index contributed by atoms with van der Waals surface area (Å²) < 4.78 is 0. The summed E-state index contributed by atoms with van der Waals surface area (Å²) in [4.78, 5) is 6.10. The molecular formula is C10H15N3. The van der Waals surface area contributed by atoms with E-state index in [2.05, 4.69) is 4.98 Å². The molecule has 1 aromatic rings. The highest BCUT2D eigenvalue weighted by Gasteiger charge is 2.02. The van der Waals surface area contributed by atoms with Crippen molar-refractivity contribution in [2.24, 2.45) is 0 Å². The number of aromatic nitrogens is 1. The lowest BCUT2D eigenvalue weighted by Crippen LogP contribution is -2.24. The van der Waals surface area contributed by atoms with Gasteiger partial charge in [0.25, 0.3) is 0 Å². The Balaban J connectivity index is 2.55. The third kappa shape index (κ3) is 2.86. The van der Waals surface area contributed by atoms with Gasteiger partial charge in [0.05, 0.1) is 18.1 Å². The Morgan fingerprint density at radius 2 is 2.31 bits per heavy atom. The van der Waals surface area contributed by atoms with Gasteiger partial charge in [0.15, 0.2) is 0 Å². The topological polar surface area (TPSA) is 40.0 Å². The summed E-state index contributed by atoms with van der Waals surface area (Å²) >= 11 is 0. The quantitative estimate of drug-likeness (QED) is 0.566. The smallest absolute Gasteiger partial charge is 0.0955 e. The van der Waals surface area contributed by atoms with Crippen molar-refractivity contribution in [3.8, 4) is 0 Å². The number of amidine groups is 1. The molecule has 3 heteroatoms. The molecule has 0 aliphatic carbocycles. The van der Waals surface area contributed by atoms with Crippen LogP contribution in [0.25, 0.3) is 0 Å². The van der Waals surface area contributed by atoms with Gasteiger partial charge in [0.2, 0.25) is 0 Å². The fourth-order valence-electron chi connectivity index (χ4n) is 1.10. The standard InChI is InChI=1S/C10H15N3/c1-3-10(11)13(2)8-9-6-4-5-7-12-9/h4-7,11H,3,8H2,1-2H3. The summed E-state index contributed by atoms with van der Waals surface area (Å²) in [6.07, 6.45) is 2.54. The van der Waals surface area contributed by atoms with Gasteiger partial charge in [-0.05, 0) is 12.1 Å². The lowest BCUT2D eigenvalue weighted by molar-refractivity contribution is 0.479. The van der Waals surface area contributed by atoms with Crippen LogP contribution in [0, 0.1) is 5.41 Å². The minimum Gasteiger partial charge on any atom is -0.358 e. The average Bonchev–Trinajstić information content (AvgIpc) is 2.18. The maximum Gasteiger partial charge on any atom is 0.0955 e. The SMILES string of the molecule is CCC(=N)N(C)Cc1ccccn1. The first kappa shape index (κ1) is 9.71. The molecule has 3 nitrogen and oxygen atoms in total. The molecule has 0 atom stereocenters. The maximum atomic E-state index is 7.59. The number of nitrogens with zero attached hydrogens (tertiary/aromatic N) is 2. The van der Waals surface area contributed by atoms with Crippen molar-refractivity contribution in [3.05, 3.63) is 30.1 Å². The molecule has 0 radical (unpaired) electrons. The highest BCUT2D eigenvalue weighted by atomic mass is 15.1. The fraction of sp³-hybridized carbons (Fsp3) is 0.400. The van der Waals surface area contributed by atoms with E-state index in [1.807, 2.05) is 37.1 Å². The summed E-state index contributed by atoms with van der Waals surface area (Å²) in [5.74, 6) is 0.644. The highest BCUT2D eigenvalue weighted by Crippen LogP contribution is 2.00. The Morgan fingerprint density at radius 3 is 2.85 bits per heavy atom. The van der Waals surface area contributed by atoms with Crippen molar-refractivity contribution in [1.82, 2.24) is 9.88 Å². The molecule has 1 heterocycles. The molecule has 0 aromatic carbocycles. The van der Waals surface area contributed by atoms with Crippen molar-refractivity contribution in [2.45, 2.75) is 19.9 Å². The van der Waals surface area contributed by atoms with Gasteiger partial charge in [-0.15, -0.1) is 0 Å². The predicted octanol–water partition coefficient (Wildman–Crippen LogP) is 1.90. The molecule has 0 saturated heterocycles. The van der Waals surface area contributed by atoms with Crippen LogP contribution in [0.1, 0.15) is 19.0 Å². The number of hydrogen-bond acceptors (Lipinski definition) is 2. The molecule has 0 bridgehead atoms. The molecule has 70 valence electrons. The molecule has 0 unspecified atom stereocenters. The van der Waals surface area contributed by atoms with Crippen LogP contribution in [0.3, 0.4) is 0 Å². The number of rotatable bonds is 3. The first-order chi connectivity index (χ1) is 6.24. The van der Waals surface area contributed by atoms with Crippen molar-refractivity contribution in [2.75, 3.05) is 7.05 Å².